The highest BCUT2D eigenvalue weighted by Gasteiger charge is 2.02. The largest absolute Gasteiger partial charge is 0.377 e. The summed E-state index contributed by atoms with van der Waals surface area (Å²) in [5.74, 6) is 0.436. The van der Waals surface area contributed by atoms with Gasteiger partial charge in [0.2, 0.25) is 0 Å². The zero-order chi connectivity index (χ0) is 18.0. The lowest BCUT2D eigenvalue weighted by Gasteiger charge is -2.05. The van der Waals surface area contributed by atoms with Gasteiger partial charge in [0.25, 0.3) is 0 Å². The quantitative estimate of drug-likeness (QED) is 0.288. The van der Waals surface area contributed by atoms with E-state index in [9.17, 15) is 4.79 Å². The van der Waals surface area contributed by atoms with E-state index in [1.807, 2.05) is 18.2 Å². The summed E-state index contributed by atoms with van der Waals surface area (Å²) in [6.45, 7) is 3.68. The first-order chi connectivity index (χ1) is 12.3. The van der Waals surface area contributed by atoms with E-state index in [-0.39, 0.29) is 0 Å². The lowest BCUT2D eigenvalue weighted by Crippen LogP contribution is -2.00. The average Bonchev–Trinajstić information content (AvgIpc) is 2.64. The summed E-state index contributed by atoms with van der Waals surface area (Å²) in [6.07, 6.45) is 15.3. The summed E-state index contributed by atoms with van der Waals surface area (Å²) in [5, 5.41) is 0. The average molecular weight is 347 g/mol. The van der Waals surface area contributed by atoms with Crippen molar-refractivity contribution >= 4 is 5.78 Å². The number of hydrogen-bond acceptors (Lipinski definition) is 2. The van der Waals surface area contributed by atoms with Crippen molar-refractivity contribution in [3.05, 3.63) is 35.9 Å². The Bertz CT molecular complexity index is 413. The molecule has 25 heavy (non-hydrogen) atoms. The number of ketones is 1. The second-order valence-corrected chi connectivity index (χ2v) is 7.11. The van der Waals surface area contributed by atoms with E-state index in [2.05, 4.69) is 19.1 Å². The van der Waals surface area contributed by atoms with Gasteiger partial charge in [-0.25, -0.2) is 0 Å². The molecule has 0 unspecified atom stereocenters. The molecule has 0 aliphatic rings. The zero-order valence-corrected chi connectivity index (χ0v) is 16.3. The van der Waals surface area contributed by atoms with Gasteiger partial charge in [-0.05, 0) is 24.8 Å². The number of Topliss-reactive ketones (excluding diaryl/α,β-unsaturated/α-hetero) is 1. The van der Waals surface area contributed by atoms with E-state index in [1.54, 1.807) is 0 Å². The van der Waals surface area contributed by atoms with Crippen LogP contribution in [-0.2, 0) is 16.1 Å². The molecule has 1 aromatic rings. The van der Waals surface area contributed by atoms with Crippen molar-refractivity contribution in [1.82, 2.24) is 0 Å². The fourth-order valence-corrected chi connectivity index (χ4v) is 3.05. The number of ether oxygens (including phenoxy) is 1. The van der Waals surface area contributed by atoms with Gasteiger partial charge >= 0.3 is 0 Å². The molecule has 0 saturated heterocycles. The Balaban J connectivity index is 1.81. The van der Waals surface area contributed by atoms with Crippen molar-refractivity contribution < 1.29 is 9.53 Å². The minimum Gasteiger partial charge on any atom is -0.377 e. The van der Waals surface area contributed by atoms with Crippen LogP contribution in [0.15, 0.2) is 30.3 Å². The summed E-state index contributed by atoms with van der Waals surface area (Å²) in [5.41, 5.74) is 1.21. The molecular weight excluding hydrogens is 308 g/mol. The molecule has 0 spiro atoms. The third-order valence-corrected chi connectivity index (χ3v) is 4.67. The molecule has 0 aliphatic carbocycles. The molecule has 1 rings (SSSR count). The predicted octanol–water partition coefficient (Wildman–Crippen LogP) is 6.86. The second-order valence-electron chi connectivity index (χ2n) is 7.11. The van der Waals surface area contributed by atoms with E-state index >= 15 is 0 Å². The fraction of sp³-hybridized carbons (Fsp3) is 0.696. The topological polar surface area (TPSA) is 26.3 Å². The number of hydrogen-bond donors (Lipinski definition) is 0. The maximum absolute atomic E-state index is 11.9. The fourth-order valence-electron chi connectivity index (χ4n) is 3.05. The van der Waals surface area contributed by atoms with Crippen LogP contribution in [0.5, 0.6) is 0 Å². The minimum absolute atomic E-state index is 0.436. The Morgan fingerprint density at radius 3 is 1.96 bits per heavy atom. The molecule has 0 heterocycles. The van der Waals surface area contributed by atoms with Crippen LogP contribution in [0.1, 0.15) is 96.0 Å². The summed E-state index contributed by atoms with van der Waals surface area (Å²) < 4.78 is 5.65. The van der Waals surface area contributed by atoms with Crippen molar-refractivity contribution in [2.75, 3.05) is 6.61 Å². The molecule has 0 N–H and O–H groups in total. The molecule has 142 valence electrons. The molecule has 2 heteroatoms. The molecule has 0 aliphatic heterocycles. The van der Waals surface area contributed by atoms with Crippen LogP contribution in [-0.4, -0.2) is 12.4 Å². The first-order valence-corrected chi connectivity index (χ1v) is 10.5. The van der Waals surface area contributed by atoms with Crippen LogP contribution in [0.2, 0.25) is 0 Å². The number of rotatable bonds is 17. The molecule has 0 atom stereocenters. The summed E-state index contributed by atoms with van der Waals surface area (Å²) in [6, 6.07) is 10.2. The zero-order valence-electron chi connectivity index (χ0n) is 16.3. The molecule has 2 nitrogen and oxygen atoms in total. The Kier molecular flexibility index (Phi) is 14.3. The van der Waals surface area contributed by atoms with Gasteiger partial charge in [-0.15, -0.1) is 0 Å². The summed E-state index contributed by atoms with van der Waals surface area (Å²) in [4.78, 5) is 11.9. The van der Waals surface area contributed by atoms with Crippen molar-refractivity contribution in [3.63, 3.8) is 0 Å². The van der Waals surface area contributed by atoms with E-state index in [4.69, 9.17) is 4.74 Å². The van der Waals surface area contributed by atoms with Gasteiger partial charge in [-0.1, -0.05) is 88.6 Å². The number of unbranched alkanes of at least 4 members (excludes halogenated alkanes) is 9. The highest BCUT2D eigenvalue weighted by molar-refractivity contribution is 5.78. The van der Waals surface area contributed by atoms with Gasteiger partial charge in [-0.2, -0.15) is 0 Å². The standard InChI is InChI=1S/C23H38O2/c1-2-3-4-5-6-7-8-9-13-18-23(24)19-14-15-20-25-21-22-16-11-10-12-17-22/h10-12,16-17H,2-9,13-15,18-21H2,1H3. The predicted molar refractivity (Wildman–Crippen MR) is 107 cm³/mol. The first kappa shape index (κ1) is 21.9. The van der Waals surface area contributed by atoms with E-state index in [0.717, 1.165) is 38.7 Å². The number of carbonyl (C=O) groups is 1. The molecule has 0 radical (unpaired) electrons. The lowest BCUT2D eigenvalue weighted by atomic mass is 10.0. The van der Waals surface area contributed by atoms with Gasteiger partial charge in [-0.3, -0.25) is 4.79 Å². The first-order valence-electron chi connectivity index (χ1n) is 10.5. The van der Waals surface area contributed by atoms with E-state index < -0.39 is 0 Å². The van der Waals surface area contributed by atoms with Crippen LogP contribution in [0.3, 0.4) is 0 Å². The highest BCUT2D eigenvalue weighted by atomic mass is 16.5. The van der Waals surface area contributed by atoms with Crippen molar-refractivity contribution in [3.8, 4) is 0 Å². The van der Waals surface area contributed by atoms with Gasteiger partial charge in [0.15, 0.2) is 0 Å². The second kappa shape index (κ2) is 16.3. The Morgan fingerprint density at radius 2 is 1.32 bits per heavy atom. The maximum atomic E-state index is 11.9. The molecule has 0 bridgehead atoms. The Hall–Kier alpha value is -1.15. The van der Waals surface area contributed by atoms with Crippen LogP contribution >= 0.6 is 0 Å². The number of carbonyl (C=O) groups excluding carboxylic acids is 1. The van der Waals surface area contributed by atoms with Crippen LogP contribution in [0.4, 0.5) is 0 Å². The van der Waals surface area contributed by atoms with E-state index in [1.165, 1.54) is 56.9 Å². The smallest absolute Gasteiger partial charge is 0.132 e. The Labute approximate surface area is 155 Å². The molecule has 0 fully saturated rings. The third kappa shape index (κ3) is 13.8. The van der Waals surface area contributed by atoms with Gasteiger partial charge in [0.1, 0.15) is 5.78 Å². The van der Waals surface area contributed by atoms with Crippen molar-refractivity contribution in [1.29, 1.82) is 0 Å². The van der Waals surface area contributed by atoms with Crippen molar-refractivity contribution in [2.24, 2.45) is 0 Å². The molecule has 0 amide bonds. The lowest BCUT2D eigenvalue weighted by molar-refractivity contribution is -0.119. The molecule has 0 aromatic heterocycles. The van der Waals surface area contributed by atoms with Gasteiger partial charge in [0.05, 0.1) is 6.61 Å². The van der Waals surface area contributed by atoms with Crippen LogP contribution in [0.25, 0.3) is 0 Å². The van der Waals surface area contributed by atoms with E-state index in [0.29, 0.717) is 12.4 Å². The van der Waals surface area contributed by atoms with Gasteiger partial charge in [0, 0.05) is 19.4 Å². The normalized spacial score (nSPS) is 10.9. The molecule has 0 saturated carbocycles. The van der Waals surface area contributed by atoms with Gasteiger partial charge < -0.3 is 4.74 Å². The molecular formula is C23H38O2. The van der Waals surface area contributed by atoms with Crippen LogP contribution in [0, 0.1) is 0 Å². The third-order valence-electron chi connectivity index (χ3n) is 4.67. The maximum Gasteiger partial charge on any atom is 0.132 e. The van der Waals surface area contributed by atoms with Crippen molar-refractivity contribution in [2.45, 2.75) is 97.0 Å². The SMILES string of the molecule is CCCCCCCCCCCC(=O)CCCCOCc1ccccc1. The summed E-state index contributed by atoms with van der Waals surface area (Å²) in [7, 11) is 0. The number of benzene rings is 1. The monoisotopic (exact) mass is 346 g/mol. The minimum atomic E-state index is 0.436. The summed E-state index contributed by atoms with van der Waals surface area (Å²) >= 11 is 0. The van der Waals surface area contributed by atoms with Crippen LogP contribution < -0.4 is 0 Å². The Morgan fingerprint density at radius 1 is 0.760 bits per heavy atom. The highest BCUT2D eigenvalue weighted by Crippen LogP contribution is 2.11. The molecule has 1 aromatic carbocycles.